The van der Waals surface area contributed by atoms with Crippen molar-refractivity contribution in [2.45, 2.75) is 13.8 Å². The quantitative estimate of drug-likeness (QED) is 0.640. The number of aromatic hydroxyl groups is 2. The summed E-state index contributed by atoms with van der Waals surface area (Å²) in [6.45, 7) is 3.75. The predicted molar refractivity (Wildman–Crippen MR) is 79.1 cm³/mol. The summed E-state index contributed by atoms with van der Waals surface area (Å²) in [5, 5.41) is 28.4. The summed E-state index contributed by atoms with van der Waals surface area (Å²) in [5.41, 5.74) is 3.84. The van der Waals surface area contributed by atoms with Crippen LogP contribution in [0, 0.1) is 18.3 Å². The Balaban J connectivity index is 2.61. The standard InChI is InChI=1S/C17H15NO2/c1-11-3-6-15(20)9-16(11)17(10-18)12(2)13-4-7-14(19)8-5-13/h3-9,19-20H,1-2H3/b17-12+. The summed E-state index contributed by atoms with van der Waals surface area (Å²) in [4.78, 5) is 0. The van der Waals surface area contributed by atoms with E-state index in [1.165, 1.54) is 0 Å². The van der Waals surface area contributed by atoms with Crippen molar-refractivity contribution in [1.82, 2.24) is 0 Å². The van der Waals surface area contributed by atoms with E-state index in [1.54, 1.807) is 42.5 Å². The van der Waals surface area contributed by atoms with E-state index in [0.29, 0.717) is 5.57 Å². The Bertz CT molecular complexity index is 707. The second-order valence-electron chi connectivity index (χ2n) is 4.66. The number of nitriles is 1. The van der Waals surface area contributed by atoms with Crippen molar-refractivity contribution in [2.75, 3.05) is 0 Å². The van der Waals surface area contributed by atoms with Crippen molar-refractivity contribution in [3.63, 3.8) is 0 Å². The van der Waals surface area contributed by atoms with Gasteiger partial charge in [0.25, 0.3) is 0 Å². The van der Waals surface area contributed by atoms with Crippen LogP contribution in [0.1, 0.15) is 23.6 Å². The molecule has 0 spiro atoms. The molecule has 0 amide bonds. The van der Waals surface area contributed by atoms with Gasteiger partial charge in [0.1, 0.15) is 17.6 Å². The number of benzene rings is 2. The molecule has 2 rings (SSSR count). The van der Waals surface area contributed by atoms with Crippen molar-refractivity contribution in [3.8, 4) is 17.6 Å². The highest BCUT2D eigenvalue weighted by molar-refractivity contribution is 5.97. The molecular formula is C17H15NO2. The maximum atomic E-state index is 9.61. The van der Waals surface area contributed by atoms with Gasteiger partial charge in [-0.15, -0.1) is 0 Å². The first-order valence-electron chi connectivity index (χ1n) is 6.23. The molecule has 3 nitrogen and oxygen atoms in total. The number of allylic oxidation sites excluding steroid dienone is 2. The van der Waals surface area contributed by atoms with Crippen LogP contribution in [0.5, 0.6) is 11.5 Å². The summed E-state index contributed by atoms with van der Waals surface area (Å²) in [6, 6.07) is 13.9. The number of hydrogen-bond donors (Lipinski definition) is 2. The third-order valence-corrected chi connectivity index (χ3v) is 3.28. The zero-order valence-electron chi connectivity index (χ0n) is 11.4. The molecule has 0 fully saturated rings. The number of aryl methyl sites for hydroxylation is 1. The van der Waals surface area contributed by atoms with Gasteiger partial charge < -0.3 is 10.2 Å². The summed E-state index contributed by atoms with van der Waals surface area (Å²) in [5.74, 6) is 0.324. The minimum atomic E-state index is 0.136. The van der Waals surface area contributed by atoms with Crippen LogP contribution in [0.2, 0.25) is 0 Å². The van der Waals surface area contributed by atoms with Gasteiger partial charge in [0.2, 0.25) is 0 Å². The molecule has 2 N–H and O–H groups in total. The van der Waals surface area contributed by atoms with Crippen molar-refractivity contribution < 1.29 is 10.2 Å². The van der Waals surface area contributed by atoms with Crippen LogP contribution in [0.4, 0.5) is 0 Å². The Morgan fingerprint density at radius 2 is 1.60 bits per heavy atom. The van der Waals surface area contributed by atoms with E-state index in [0.717, 1.165) is 22.3 Å². The molecule has 0 saturated heterocycles. The lowest BCUT2D eigenvalue weighted by Gasteiger charge is -2.10. The van der Waals surface area contributed by atoms with E-state index < -0.39 is 0 Å². The van der Waals surface area contributed by atoms with Crippen LogP contribution in [0.3, 0.4) is 0 Å². The summed E-state index contributed by atoms with van der Waals surface area (Å²) >= 11 is 0. The zero-order chi connectivity index (χ0) is 14.7. The van der Waals surface area contributed by atoms with Gasteiger partial charge in [-0.1, -0.05) is 18.2 Å². The number of hydrogen-bond acceptors (Lipinski definition) is 3. The molecule has 3 heteroatoms. The number of rotatable bonds is 2. The van der Waals surface area contributed by atoms with Gasteiger partial charge in [0.15, 0.2) is 0 Å². The van der Waals surface area contributed by atoms with Gasteiger partial charge in [-0.3, -0.25) is 0 Å². The van der Waals surface area contributed by atoms with Crippen molar-refractivity contribution in [2.24, 2.45) is 0 Å². The maximum absolute atomic E-state index is 9.61. The van der Waals surface area contributed by atoms with E-state index in [-0.39, 0.29) is 11.5 Å². The second kappa shape index (κ2) is 5.50. The third kappa shape index (κ3) is 2.65. The van der Waals surface area contributed by atoms with E-state index >= 15 is 0 Å². The van der Waals surface area contributed by atoms with E-state index in [2.05, 4.69) is 6.07 Å². The fourth-order valence-electron chi connectivity index (χ4n) is 2.08. The van der Waals surface area contributed by atoms with Gasteiger partial charge in [0.05, 0.1) is 5.57 Å². The minimum absolute atomic E-state index is 0.136. The highest BCUT2D eigenvalue weighted by atomic mass is 16.3. The molecule has 100 valence electrons. The molecule has 0 heterocycles. The first-order chi connectivity index (χ1) is 9.52. The molecule has 0 aliphatic heterocycles. The lowest BCUT2D eigenvalue weighted by molar-refractivity contribution is 0.474. The van der Waals surface area contributed by atoms with Crippen LogP contribution in [0.15, 0.2) is 42.5 Å². The molecule has 20 heavy (non-hydrogen) atoms. The van der Waals surface area contributed by atoms with Crippen molar-refractivity contribution in [3.05, 3.63) is 59.2 Å². The average molecular weight is 265 g/mol. The fourth-order valence-corrected chi connectivity index (χ4v) is 2.08. The molecule has 2 aromatic rings. The number of phenols is 2. The fraction of sp³-hybridized carbons (Fsp3) is 0.118. The molecule has 0 atom stereocenters. The highest BCUT2D eigenvalue weighted by Gasteiger charge is 2.11. The van der Waals surface area contributed by atoms with Gasteiger partial charge in [-0.2, -0.15) is 5.26 Å². The Morgan fingerprint density at radius 3 is 2.20 bits per heavy atom. The normalized spacial score (nSPS) is 11.7. The highest BCUT2D eigenvalue weighted by Crippen LogP contribution is 2.30. The molecule has 0 radical (unpaired) electrons. The molecule has 0 aliphatic carbocycles. The average Bonchev–Trinajstić information content (AvgIpc) is 2.44. The summed E-state index contributed by atoms with van der Waals surface area (Å²) in [6.07, 6.45) is 0. The smallest absolute Gasteiger partial charge is 0.116 e. The largest absolute Gasteiger partial charge is 0.508 e. The molecular weight excluding hydrogens is 250 g/mol. The lowest BCUT2D eigenvalue weighted by atomic mass is 9.94. The van der Waals surface area contributed by atoms with Crippen LogP contribution >= 0.6 is 0 Å². The van der Waals surface area contributed by atoms with Crippen LogP contribution < -0.4 is 0 Å². The molecule has 0 bridgehead atoms. The number of nitrogens with zero attached hydrogens (tertiary/aromatic N) is 1. The van der Waals surface area contributed by atoms with Crippen LogP contribution in [-0.4, -0.2) is 10.2 Å². The Kier molecular flexibility index (Phi) is 3.76. The van der Waals surface area contributed by atoms with Gasteiger partial charge in [-0.25, -0.2) is 0 Å². The SMILES string of the molecule is C/C(=C(/C#N)c1cc(O)ccc1C)c1ccc(O)cc1. The Labute approximate surface area is 118 Å². The third-order valence-electron chi connectivity index (χ3n) is 3.28. The molecule has 0 unspecified atom stereocenters. The molecule has 0 aliphatic rings. The minimum Gasteiger partial charge on any atom is -0.508 e. The van der Waals surface area contributed by atoms with Gasteiger partial charge in [0, 0.05) is 0 Å². The first-order valence-corrected chi connectivity index (χ1v) is 6.23. The topological polar surface area (TPSA) is 64.2 Å². The van der Waals surface area contributed by atoms with E-state index in [1.807, 2.05) is 13.8 Å². The molecule has 0 aromatic heterocycles. The van der Waals surface area contributed by atoms with Gasteiger partial charge in [-0.05, 0) is 60.4 Å². The summed E-state index contributed by atoms with van der Waals surface area (Å²) in [7, 11) is 0. The zero-order valence-corrected chi connectivity index (χ0v) is 11.4. The van der Waals surface area contributed by atoms with E-state index in [4.69, 9.17) is 0 Å². The Morgan fingerprint density at radius 1 is 1.00 bits per heavy atom. The van der Waals surface area contributed by atoms with Crippen molar-refractivity contribution in [1.29, 1.82) is 5.26 Å². The number of phenolic OH excluding ortho intramolecular Hbond substituents is 2. The van der Waals surface area contributed by atoms with Crippen LogP contribution in [0.25, 0.3) is 11.1 Å². The second-order valence-corrected chi connectivity index (χ2v) is 4.66. The van der Waals surface area contributed by atoms with Crippen molar-refractivity contribution >= 4 is 11.1 Å². The predicted octanol–water partition coefficient (Wildman–Crippen LogP) is 3.86. The summed E-state index contributed by atoms with van der Waals surface area (Å²) < 4.78 is 0. The van der Waals surface area contributed by atoms with Gasteiger partial charge >= 0.3 is 0 Å². The van der Waals surface area contributed by atoms with E-state index in [9.17, 15) is 15.5 Å². The lowest BCUT2D eigenvalue weighted by Crippen LogP contribution is -1.91. The van der Waals surface area contributed by atoms with Crippen LogP contribution in [-0.2, 0) is 0 Å². The monoisotopic (exact) mass is 265 g/mol. The Hall–Kier alpha value is -2.73. The first kappa shape index (κ1) is 13.7. The molecule has 0 saturated carbocycles. The molecule has 2 aromatic carbocycles. The maximum Gasteiger partial charge on any atom is 0.116 e.